The maximum atomic E-state index is 13.3. The van der Waals surface area contributed by atoms with Crippen molar-refractivity contribution < 1.29 is 14.3 Å². The molecule has 1 saturated heterocycles. The van der Waals surface area contributed by atoms with E-state index in [-0.39, 0.29) is 11.9 Å². The van der Waals surface area contributed by atoms with Crippen molar-refractivity contribution in [1.82, 2.24) is 9.88 Å². The van der Waals surface area contributed by atoms with Crippen LogP contribution in [0.3, 0.4) is 0 Å². The van der Waals surface area contributed by atoms with Gasteiger partial charge >= 0.3 is 0 Å². The van der Waals surface area contributed by atoms with Gasteiger partial charge < -0.3 is 14.4 Å². The van der Waals surface area contributed by atoms with E-state index in [9.17, 15) is 4.79 Å². The number of ether oxygens (including phenoxy) is 2. The standard InChI is InChI=1S/C27H30N2O3/c1-4-32-18-20-7-9-22(10-8-20)27(30)29-15-5-6-26(29)25-17-23(16-19(2)28-25)21-11-13-24(31-3)14-12-21/h7-14,16-17,26H,4-6,15,18H2,1-3H3. The second-order valence-electron chi connectivity index (χ2n) is 8.14. The average molecular weight is 431 g/mol. The lowest BCUT2D eigenvalue weighted by atomic mass is 10.0. The molecule has 0 spiro atoms. The number of carbonyl (C=O) groups is 1. The maximum absolute atomic E-state index is 13.3. The lowest BCUT2D eigenvalue weighted by Gasteiger charge is -2.25. The highest BCUT2D eigenvalue weighted by Crippen LogP contribution is 2.34. The lowest BCUT2D eigenvalue weighted by molar-refractivity contribution is 0.0732. The molecular formula is C27H30N2O3. The summed E-state index contributed by atoms with van der Waals surface area (Å²) in [6.45, 7) is 5.98. The number of aryl methyl sites for hydroxylation is 1. The molecule has 5 heteroatoms. The molecular weight excluding hydrogens is 400 g/mol. The first-order valence-corrected chi connectivity index (χ1v) is 11.2. The summed E-state index contributed by atoms with van der Waals surface area (Å²) >= 11 is 0. The van der Waals surface area contributed by atoms with Crippen LogP contribution in [0.5, 0.6) is 5.75 Å². The summed E-state index contributed by atoms with van der Waals surface area (Å²) in [5, 5.41) is 0. The number of aromatic nitrogens is 1. The minimum atomic E-state index is -0.0116. The third-order valence-corrected chi connectivity index (χ3v) is 5.93. The van der Waals surface area contributed by atoms with Crippen molar-refractivity contribution >= 4 is 5.91 Å². The van der Waals surface area contributed by atoms with Crippen LogP contribution in [0.1, 0.15) is 53.1 Å². The predicted molar refractivity (Wildman–Crippen MR) is 126 cm³/mol. The normalized spacial score (nSPS) is 15.7. The number of nitrogens with zero attached hydrogens (tertiary/aromatic N) is 2. The monoisotopic (exact) mass is 430 g/mol. The molecule has 5 nitrogen and oxygen atoms in total. The summed E-state index contributed by atoms with van der Waals surface area (Å²) in [7, 11) is 1.67. The number of carbonyl (C=O) groups excluding carboxylic acids is 1. The SMILES string of the molecule is CCOCc1ccc(C(=O)N2CCCC2c2cc(-c3ccc(OC)cc3)cc(C)n2)cc1. The van der Waals surface area contributed by atoms with Gasteiger partial charge in [-0.05, 0) is 79.8 Å². The minimum Gasteiger partial charge on any atom is -0.497 e. The largest absolute Gasteiger partial charge is 0.497 e. The van der Waals surface area contributed by atoms with Gasteiger partial charge in [0, 0.05) is 24.4 Å². The minimum absolute atomic E-state index is 0.0116. The molecule has 0 radical (unpaired) electrons. The fourth-order valence-electron chi connectivity index (χ4n) is 4.26. The Morgan fingerprint density at radius 1 is 1.06 bits per heavy atom. The molecule has 1 aliphatic heterocycles. The van der Waals surface area contributed by atoms with Gasteiger partial charge in [-0.15, -0.1) is 0 Å². The molecule has 1 amide bonds. The number of benzene rings is 2. The Balaban J connectivity index is 1.57. The average Bonchev–Trinajstić information content (AvgIpc) is 3.32. The number of likely N-dealkylation sites (tertiary alicyclic amines) is 1. The Morgan fingerprint density at radius 2 is 1.81 bits per heavy atom. The van der Waals surface area contributed by atoms with Gasteiger partial charge in [0.25, 0.3) is 5.91 Å². The zero-order chi connectivity index (χ0) is 22.5. The van der Waals surface area contributed by atoms with E-state index in [1.54, 1.807) is 7.11 Å². The summed E-state index contributed by atoms with van der Waals surface area (Å²) in [5.41, 5.74) is 5.90. The van der Waals surface area contributed by atoms with Gasteiger partial charge in [0.2, 0.25) is 0 Å². The molecule has 1 fully saturated rings. The fraction of sp³-hybridized carbons (Fsp3) is 0.333. The van der Waals surface area contributed by atoms with Gasteiger partial charge in [-0.3, -0.25) is 9.78 Å². The van der Waals surface area contributed by atoms with Crippen LogP contribution in [-0.4, -0.2) is 36.1 Å². The molecule has 2 heterocycles. The van der Waals surface area contributed by atoms with Gasteiger partial charge in [-0.25, -0.2) is 0 Å². The number of pyridine rings is 1. The van der Waals surface area contributed by atoms with E-state index in [0.717, 1.165) is 53.2 Å². The molecule has 0 bridgehead atoms. The quantitative estimate of drug-likeness (QED) is 0.491. The highest BCUT2D eigenvalue weighted by atomic mass is 16.5. The predicted octanol–water partition coefficient (Wildman–Crippen LogP) is 5.58. The lowest BCUT2D eigenvalue weighted by Crippen LogP contribution is -2.31. The molecule has 166 valence electrons. The van der Waals surface area contributed by atoms with Crippen molar-refractivity contribution in [2.24, 2.45) is 0 Å². The van der Waals surface area contributed by atoms with Crippen LogP contribution in [-0.2, 0) is 11.3 Å². The first kappa shape index (κ1) is 22.0. The van der Waals surface area contributed by atoms with Gasteiger partial charge in [0.15, 0.2) is 0 Å². The molecule has 1 atom stereocenters. The Morgan fingerprint density at radius 3 is 2.50 bits per heavy atom. The Kier molecular flexibility index (Phi) is 6.86. The van der Waals surface area contributed by atoms with Crippen LogP contribution in [0.25, 0.3) is 11.1 Å². The van der Waals surface area contributed by atoms with Crippen LogP contribution in [0.15, 0.2) is 60.7 Å². The molecule has 1 unspecified atom stereocenters. The highest BCUT2D eigenvalue weighted by Gasteiger charge is 2.32. The first-order valence-electron chi connectivity index (χ1n) is 11.2. The summed E-state index contributed by atoms with van der Waals surface area (Å²) < 4.78 is 10.7. The summed E-state index contributed by atoms with van der Waals surface area (Å²) in [6.07, 6.45) is 1.90. The number of hydrogen-bond donors (Lipinski definition) is 0. The molecule has 0 saturated carbocycles. The molecule has 4 rings (SSSR count). The topological polar surface area (TPSA) is 51.7 Å². The molecule has 3 aromatic rings. The van der Waals surface area contributed by atoms with Crippen LogP contribution < -0.4 is 4.74 Å². The smallest absolute Gasteiger partial charge is 0.254 e. The van der Waals surface area contributed by atoms with Crippen molar-refractivity contribution in [1.29, 1.82) is 0 Å². The summed E-state index contributed by atoms with van der Waals surface area (Å²) in [6, 6.07) is 20.0. The Bertz CT molecular complexity index is 1060. The van der Waals surface area contributed by atoms with Crippen LogP contribution in [0, 0.1) is 6.92 Å². The van der Waals surface area contributed by atoms with Crippen molar-refractivity contribution in [3.8, 4) is 16.9 Å². The Labute approximate surface area is 190 Å². The van der Waals surface area contributed by atoms with Crippen molar-refractivity contribution in [2.45, 2.75) is 39.3 Å². The Hall–Kier alpha value is -3.18. The van der Waals surface area contributed by atoms with E-state index in [1.807, 2.05) is 55.1 Å². The third kappa shape index (κ3) is 4.83. The van der Waals surface area contributed by atoms with Crippen molar-refractivity contribution in [3.63, 3.8) is 0 Å². The maximum Gasteiger partial charge on any atom is 0.254 e. The number of hydrogen-bond acceptors (Lipinski definition) is 4. The van der Waals surface area contributed by atoms with Gasteiger partial charge in [-0.2, -0.15) is 0 Å². The summed E-state index contributed by atoms with van der Waals surface area (Å²) in [4.78, 5) is 20.1. The molecule has 32 heavy (non-hydrogen) atoms. The molecule has 2 aromatic carbocycles. The highest BCUT2D eigenvalue weighted by molar-refractivity contribution is 5.94. The molecule has 0 N–H and O–H groups in total. The van der Waals surface area contributed by atoms with Crippen LogP contribution in [0.2, 0.25) is 0 Å². The fourth-order valence-corrected chi connectivity index (χ4v) is 4.26. The second kappa shape index (κ2) is 9.96. The summed E-state index contributed by atoms with van der Waals surface area (Å²) in [5.74, 6) is 0.893. The van der Waals surface area contributed by atoms with Crippen molar-refractivity contribution in [2.75, 3.05) is 20.3 Å². The zero-order valence-corrected chi connectivity index (χ0v) is 19.0. The van der Waals surface area contributed by atoms with Gasteiger partial charge in [0.05, 0.1) is 25.5 Å². The van der Waals surface area contributed by atoms with E-state index in [2.05, 4.69) is 24.3 Å². The number of methoxy groups -OCH3 is 1. The number of amides is 1. The third-order valence-electron chi connectivity index (χ3n) is 5.93. The molecule has 0 aliphatic carbocycles. The molecule has 1 aromatic heterocycles. The second-order valence-corrected chi connectivity index (χ2v) is 8.14. The van der Waals surface area contributed by atoms with E-state index in [0.29, 0.717) is 18.8 Å². The molecule has 1 aliphatic rings. The van der Waals surface area contributed by atoms with E-state index < -0.39 is 0 Å². The first-order chi connectivity index (χ1) is 15.6. The van der Waals surface area contributed by atoms with E-state index in [4.69, 9.17) is 14.5 Å². The zero-order valence-electron chi connectivity index (χ0n) is 19.0. The van der Waals surface area contributed by atoms with Gasteiger partial charge in [-0.1, -0.05) is 24.3 Å². The van der Waals surface area contributed by atoms with Crippen LogP contribution >= 0.6 is 0 Å². The van der Waals surface area contributed by atoms with E-state index >= 15 is 0 Å². The van der Waals surface area contributed by atoms with E-state index in [1.165, 1.54) is 0 Å². The number of rotatable bonds is 7. The van der Waals surface area contributed by atoms with Crippen molar-refractivity contribution in [3.05, 3.63) is 83.2 Å². The van der Waals surface area contributed by atoms with Gasteiger partial charge in [0.1, 0.15) is 5.75 Å². The van der Waals surface area contributed by atoms with Crippen LogP contribution in [0.4, 0.5) is 0 Å².